The van der Waals surface area contributed by atoms with Gasteiger partial charge in [0.25, 0.3) is 0 Å². The van der Waals surface area contributed by atoms with Crippen LogP contribution in [-0.4, -0.2) is 6.54 Å². The van der Waals surface area contributed by atoms with Crippen LogP contribution in [0.3, 0.4) is 0 Å². The molecule has 3 heteroatoms. The molecule has 1 unspecified atom stereocenters. The van der Waals surface area contributed by atoms with Crippen molar-refractivity contribution in [2.45, 2.75) is 33.2 Å². The van der Waals surface area contributed by atoms with E-state index in [4.69, 9.17) is 0 Å². The molecule has 0 bridgehead atoms. The molecule has 0 aliphatic heterocycles. The molecule has 2 aromatic rings. The smallest absolute Gasteiger partial charge is 0.123 e. The Morgan fingerprint density at radius 2 is 1.89 bits per heavy atom. The van der Waals surface area contributed by atoms with Crippen molar-refractivity contribution in [3.8, 4) is 0 Å². The van der Waals surface area contributed by atoms with Gasteiger partial charge in [-0.3, -0.25) is 0 Å². The van der Waals surface area contributed by atoms with Crippen LogP contribution in [0, 0.1) is 19.7 Å². The van der Waals surface area contributed by atoms with E-state index < -0.39 is 0 Å². The van der Waals surface area contributed by atoms with Crippen LogP contribution in [0.15, 0.2) is 30.3 Å². The van der Waals surface area contributed by atoms with Crippen molar-refractivity contribution in [3.05, 3.63) is 57.0 Å². The molecule has 0 radical (unpaired) electrons. The van der Waals surface area contributed by atoms with Crippen molar-refractivity contribution in [2.24, 2.45) is 0 Å². The van der Waals surface area contributed by atoms with E-state index in [-0.39, 0.29) is 5.82 Å². The maximum atomic E-state index is 12.9. The summed E-state index contributed by atoms with van der Waals surface area (Å²) in [6.45, 7) is 7.35. The minimum atomic E-state index is -0.174. The van der Waals surface area contributed by atoms with Crippen molar-refractivity contribution in [3.63, 3.8) is 0 Å². The lowest BCUT2D eigenvalue weighted by atomic mass is 10.0. The standard InChI is InChI=1S/C16H20FNS/c1-4-18-15(16-11(2)9-12(3)19-16)10-13-5-7-14(17)8-6-13/h5-9,15,18H,4,10H2,1-3H3. The van der Waals surface area contributed by atoms with Crippen molar-refractivity contribution in [1.29, 1.82) is 0 Å². The van der Waals surface area contributed by atoms with Gasteiger partial charge in [0.1, 0.15) is 5.82 Å². The second-order valence-corrected chi connectivity index (χ2v) is 6.13. The molecule has 19 heavy (non-hydrogen) atoms. The summed E-state index contributed by atoms with van der Waals surface area (Å²) in [5, 5.41) is 3.53. The van der Waals surface area contributed by atoms with Gasteiger partial charge in [-0.2, -0.15) is 0 Å². The molecule has 1 heterocycles. The third kappa shape index (κ3) is 3.64. The molecule has 1 aromatic carbocycles. The van der Waals surface area contributed by atoms with Gasteiger partial charge in [-0.15, -0.1) is 11.3 Å². The SMILES string of the molecule is CCNC(Cc1ccc(F)cc1)c1sc(C)cc1C. The number of rotatable bonds is 5. The molecule has 0 spiro atoms. The highest BCUT2D eigenvalue weighted by Gasteiger charge is 2.16. The van der Waals surface area contributed by atoms with Gasteiger partial charge < -0.3 is 5.32 Å². The van der Waals surface area contributed by atoms with Gasteiger partial charge in [0, 0.05) is 15.8 Å². The van der Waals surface area contributed by atoms with Crippen LogP contribution in [0.1, 0.15) is 33.8 Å². The van der Waals surface area contributed by atoms with E-state index in [9.17, 15) is 4.39 Å². The molecule has 1 nitrogen and oxygen atoms in total. The summed E-state index contributed by atoms with van der Waals surface area (Å²) in [5.74, 6) is -0.174. The third-order valence-corrected chi connectivity index (χ3v) is 4.47. The summed E-state index contributed by atoms with van der Waals surface area (Å²) in [4.78, 5) is 2.73. The molecule has 1 N–H and O–H groups in total. The highest BCUT2D eigenvalue weighted by Crippen LogP contribution is 2.29. The Labute approximate surface area is 118 Å². The third-order valence-electron chi connectivity index (χ3n) is 3.20. The molecular weight excluding hydrogens is 257 g/mol. The van der Waals surface area contributed by atoms with Gasteiger partial charge in [0.15, 0.2) is 0 Å². The first-order valence-corrected chi connectivity index (χ1v) is 7.46. The van der Waals surface area contributed by atoms with Crippen LogP contribution in [-0.2, 0) is 6.42 Å². The molecule has 0 aliphatic rings. The van der Waals surface area contributed by atoms with Crippen molar-refractivity contribution in [1.82, 2.24) is 5.32 Å². The minimum absolute atomic E-state index is 0.174. The number of aryl methyl sites for hydroxylation is 2. The maximum Gasteiger partial charge on any atom is 0.123 e. The van der Waals surface area contributed by atoms with Crippen LogP contribution in [0.4, 0.5) is 4.39 Å². The van der Waals surface area contributed by atoms with Crippen molar-refractivity contribution < 1.29 is 4.39 Å². The Kier molecular flexibility index (Phi) is 4.72. The van der Waals surface area contributed by atoms with Gasteiger partial charge >= 0.3 is 0 Å². The molecule has 1 atom stereocenters. The molecule has 1 aromatic heterocycles. The van der Waals surface area contributed by atoms with Gasteiger partial charge in [0.05, 0.1) is 0 Å². The first-order valence-electron chi connectivity index (χ1n) is 6.65. The molecule has 0 fully saturated rings. The fourth-order valence-electron chi connectivity index (χ4n) is 2.37. The van der Waals surface area contributed by atoms with E-state index in [1.54, 1.807) is 0 Å². The number of likely N-dealkylation sites (N-methyl/N-ethyl adjacent to an activating group) is 1. The highest BCUT2D eigenvalue weighted by atomic mass is 32.1. The second kappa shape index (κ2) is 6.31. The monoisotopic (exact) mass is 277 g/mol. The lowest BCUT2D eigenvalue weighted by Crippen LogP contribution is -2.22. The van der Waals surface area contributed by atoms with E-state index in [0.29, 0.717) is 6.04 Å². The summed E-state index contributed by atoms with van der Waals surface area (Å²) in [5.41, 5.74) is 2.51. The van der Waals surface area contributed by atoms with Crippen LogP contribution in [0.25, 0.3) is 0 Å². The highest BCUT2D eigenvalue weighted by molar-refractivity contribution is 7.12. The average molecular weight is 277 g/mol. The van der Waals surface area contributed by atoms with Crippen molar-refractivity contribution >= 4 is 11.3 Å². The lowest BCUT2D eigenvalue weighted by Gasteiger charge is -2.18. The fourth-order valence-corrected chi connectivity index (χ4v) is 3.48. The molecule has 102 valence electrons. The fraction of sp³-hybridized carbons (Fsp3) is 0.375. The van der Waals surface area contributed by atoms with E-state index in [1.807, 2.05) is 23.5 Å². The lowest BCUT2D eigenvalue weighted by molar-refractivity contribution is 0.555. The van der Waals surface area contributed by atoms with Crippen LogP contribution >= 0.6 is 11.3 Å². The van der Waals surface area contributed by atoms with E-state index in [1.165, 1.54) is 27.5 Å². The summed E-state index contributed by atoms with van der Waals surface area (Å²) in [6, 6.07) is 9.35. The minimum Gasteiger partial charge on any atom is -0.309 e. The quantitative estimate of drug-likeness (QED) is 0.854. The predicted octanol–water partition coefficient (Wildman–Crippen LogP) is 4.40. The van der Waals surface area contributed by atoms with Crippen LogP contribution < -0.4 is 5.32 Å². The number of halogens is 1. The van der Waals surface area contributed by atoms with E-state index in [2.05, 4.69) is 32.2 Å². The molecule has 0 amide bonds. The van der Waals surface area contributed by atoms with Crippen LogP contribution in [0.2, 0.25) is 0 Å². The average Bonchev–Trinajstić information content (AvgIpc) is 2.71. The molecule has 2 rings (SSSR count). The topological polar surface area (TPSA) is 12.0 Å². The molecular formula is C16H20FNS. The second-order valence-electron chi connectivity index (χ2n) is 4.85. The predicted molar refractivity (Wildman–Crippen MR) is 80.3 cm³/mol. The zero-order chi connectivity index (χ0) is 13.8. The Hall–Kier alpha value is -1.19. The first-order chi connectivity index (χ1) is 9.10. The first kappa shape index (κ1) is 14.2. The molecule has 0 aliphatic carbocycles. The number of thiophene rings is 1. The Bertz CT molecular complexity index is 530. The normalized spacial score (nSPS) is 12.6. The van der Waals surface area contributed by atoms with Gasteiger partial charge in [-0.25, -0.2) is 4.39 Å². The Balaban J connectivity index is 2.20. The van der Waals surface area contributed by atoms with Gasteiger partial charge in [-0.1, -0.05) is 19.1 Å². The maximum absolute atomic E-state index is 12.9. The Morgan fingerprint density at radius 1 is 1.21 bits per heavy atom. The summed E-state index contributed by atoms with van der Waals surface area (Å²) in [6.07, 6.45) is 0.898. The van der Waals surface area contributed by atoms with E-state index in [0.717, 1.165) is 18.5 Å². The molecule has 0 saturated carbocycles. The summed E-state index contributed by atoms with van der Waals surface area (Å²) >= 11 is 1.85. The number of benzene rings is 1. The van der Waals surface area contributed by atoms with Crippen molar-refractivity contribution in [2.75, 3.05) is 6.54 Å². The summed E-state index contributed by atoms with van der Waals surface area (Å²) < 4.78 is 12.9. The van der Waals surface area contributed by atoms with E-state index >= 15 is 0 Å². The van der Waals surface area contributed by atoms with Crippen LogP contribution in [0.5, 0.6) is 0 Å². The number of nitrogens with one attached hydrogen (secondary N) is 1. The summed E-state index contributed by atoms with van der Waals surface area (Å²) in [7, 11) is 0. The zero-order valence-electron chi connectivity index (χ0n) is 11.7. The number of hydrogen-bond donors (Lipinski definition) is 1. The largest absolute Gasteiger partial charge is 0.309 e. The zero-order valence-corrected chi connectivity index (χ0v) is 12.5. The molecule has 0 saturated heterocycles. The number of hydrogen-bond acceptors (Lipinski definition) is 2. The van der Waals surface area contributed by atoms with Gasteiger partial charge in [0.2, 0.25) is 0 Å². The van der Waals surface area contributed by atoms with Gasteiger partial charge in [-0.05, 0) is 56.1 Å². The Morgan fingerprint density at radius 3 is 2.42 bits per heavy atom.